The van der Waals surface area contributed by atoms with E-state index in [1.807, 2.05) is 25.1 Å². The molecule has 2 aromatic carbocycles. The molecule has 1 amide bonds. The van der Waals surface area contributed by atoms with Crippen LogP contribution in [0.4, 0.5) is 5.13 Å². The van der Waals surface area contributed by atoms with Gasteiger partial charge in [0.05, 0.1) is 16.8 Å². The molecule has 7 heteroatoms. The van der Waals surface area contributed by atoms with Gasteiger partial charge >= 0.3 is 0 Å². The molecule has 1 N–H and O–H groups in total. The van der Waals surface area contributed by atoms with E-state index in [0.717, 1.165) is 16.0 Å². The molecule has 0 unspecified atom stereocenters. The van der Waals surface area contributed by atoms with Crippen molar-refractivity contribution in [2.75, 3.05) is 11.9 Å². The lowest BCUT2D eigenvalue weighted by Crippen LogP contribution is -2.07. The molecule has 0 saturated heterocycles. The number of fused-ring (bicyclic) bond motifs is 1. The maximum atomic E-state index is 12.1. The molecule has 4 nitrogen and oxygen atoms in total. The summed E-state index contributed by atoms with van der Waals surface area (Å²) in [5.41, 5.74) is 1.41. The average molecular weight is 393 g/mol. The van der Waals surface area contributed by atoms with E-state index >= 15 is 0 Å². The highest BCUT2D eigenvalue weighted by molar-refractivity contribution is 7.22. The Balaban J connectivity index is 1.74. The molecule has 3 aromatic rings. The highest BCUT2D eigenvalue weighted by atomic mass is 35.5. The van der Waals surface area contributed by atoms with Crippen LogP contribution in [0.5, 0.6) is 5.75 Å². The number of benzene rings is 2. The lowest BCUT2D eigenvalue weighted by atomic mass is 10.2. The normalized spacial score (nSPS) is 11.2. The first-order valence-corrected chi connectivity index (χ1v) is 9.10. The van der Waals surface area contributed by atoms with Crippen molar-refractivity contribution in [1.82, 2.24) is 4.98 Å². The number of aromatic nitrogens is 1. The maximum Gasteiger partial charge on any atom is 0.250 e. The number of rotatable bonds is 5. The summed E-state index contributed by atoms with van der Waals surface area (Å²) in [5.74, 6) is 0.477. The minimum atomic E-state index is -0.305. The van der Waals surface area contributed by atoms with Gasteiger partial charge in [-0.25, -0.2) is 4.98 Å². The number of amides is 1. The summed E-state index contributed by atoms with van der Waals surface area (Å²) < 4.78 is 6.41. The lowest BCUT2D eigenvalue weighted by molar-refractivity contribution is -0.111. The van der Waals surface area contributed by atoms with Crippen molar-refractivity contribution in [2.24, 2.45) is 0 Å². The molecule has 0 aliphatic heterocycles. The van der Waals surface area contributed by atoms with Crippen LogP contribution < -0.4 is 10.1 Å². The van der Waals surface area contributed by atoms with E-state index in [4.69, 9.17) is 27.9 Å². The largest absolute Gasteiger partial charge is 0.494 e. The molecule has 0 atom stereocenters. The van der Waals surface area contributed by atoms with Gasteiger partial charge in [0.1, 0.15) is 5.75 Å². The Morgan fingerprint density at radius 2 is 2.04 bits per heavy atom. The highest BCUT2D eigenvalue weighted by Gasteiger charge is 2.08. The number of halogens is 2. The number of anilines is 1. The molecule has 128 valence electrons. The maximum absolute atomic E-state index is 12.1. The van der Waals surface area contributed by atoms with Crippen LogP contribution in [0.2, 0.25) is 10.0 Å². The summed E-state index contributed by atoms with van der Waals surface area (Å²) in [6.07, 6.45) is 2.96. The third kappa shape index (κ3) is 4.31. The minimum absolute atomic E-state index is 0.305. The molecule has 1 aromatic heterocycles. The van der Waals surface area contributed by atoms with Crippen molar-refractivity contribution in [2.45, 2.75) is 6.92 Å². The predicted molar refractivity (Wildman–Crippen MR) is 105 cm³/mol. The van der Waals surface area contributed by atoms with Crippen LogP contribution in [-0.4, -0.2) is 17.5 Å². The zero-order valence-electron chi connectivity index (χ0n) is 13.3. The number of ether oxygens (including phenoxy) is 1. The minimum Gasteiger partial charge on any atom is -0.494 e. The van der Waals surface area contributed by atoms with Gasteiger partial charge in [-0.05, 0) is 43.3 Å². The second kappa shape index (κ2) is 7.87. The van der Waals surface area contributed by atoms with Crippen molar-refractivity contribution in [3.05, 3.63) is 58.1 Å². The lowest BCUT2D eigenvalue weighted by Gasteiger charge is -2.00. The summed E-state index contributed by atoms with van der Waals surface area (Å²) >= 11 is 13.5. The number of hydrogen-bond donors (Lipinski definition) is 1. The first-order valence-electron chi connectivity index (χ1n) is 7.53. The zero-order valence-corrected chi connectivity index (χ0v) is 15.6. The predicted octanol–water partition coefficient (Wildman–Crippen LogP) is 5.65. The Morgan fingerprint density at radius 3 is 2.76 bits per heavy atom. The van der Waals surface area contributed by atoms with Crippen LogP contribution in [0.15, 0.2) is 42.5 Å². The number of nitrogens with one attached hydrogen (secondary N) is 1. The Labute approximate surface area is 159 Å². The fourth-order valence-corrected chi connectivity index (χ4v) is 3.61. The number of carbonyl (C=O) groups is 1. The first kappa shape index (κ1) is 17.7. The Bertz CT molecular complexity index is 933. The molecule has 3 rings (SSSR count). The monoisotopic (exact) mass is 392 g/mol. The average Bonchev–Trinajstić information content (AvgIpc) is 2.96. The molecule has 0 aliphatic carbocycles. The van der Waals surface area contributed by atoms with Crippen LogP contribution in [0.1, 0.15) is 12.5 Å². The molecule has 0 radical (unpaired) electrons. The van der Waals surface area contributed by atoms with E-state index < -0.39 is 0 Å². The van der Waals surface area contributed by atoms with E-state index in [-0.39, 0.29) is 5.91 Å². The summed E-state index contributed by atoms with van der Waals surface area (Å²) in [6.45, 7) is 2.53. The molecular weight excluding hydrogens is 379 g/mol. The van der Waals surface area contributed by atoms with E-state index in [1.165, 1.54) is 17.4 Å². The smallest absolute Gasteiger partial charge is 0.250 e. The van der Waals surface area contributed by atoms with Crippen LogP contribution >= 0.6 is 34.5 Å². The van der Waals surface area contributed by atoms with Crippen molar-refractivity contribution >= 4 is 61.9 Å². The van der Waals surface area contributed by atoms with Gasteiger partial charge in [0.25, 0.3) is 0 Å². The number of carbonyl (C=O) groups excluding carboxylic acids is 1. The standard InChI is InChI=1S/C18H14Cl2N2O2S/c1-2-24-11-6-8-15-16(10-11)25-18(21-15)22-17(23)9-7-12-13(19)4-3-5-14(12)20/h3-10H,2H2,1H3,(H,21,22,23). The quantitative estimate of drug-likeness (QED) is 0.570. The summed E-state index contributed by atoms with van der Waals surface area (Å²) in [6, 6.07) is 10.8. The van der Waals surface area contributed by atoms with Crippen LogP contribution in [0.3, 0.4) is 0 Å². The van der Waals surface area contributed by atoms with Crippen molar-refractivity contribution in [3.8, 4) is 5.75 Å². The second-order valence-corrected chi connectivity index (χ2v) is 6.88. The SMILES string of the molecule is CCOc1ccc2nc(NC(=O)C=Cc3c(Cl)cccc3Cl)sc2c1. The Kier molecular flexibility index (Phi) is 5.58. The van der Waals surface area contributed by atoms with E-state index in [2.05, 4.69) is 10.3 Å². The molecule has 0 bridgehead atoms. The molecule has 1 heterocycles. The van der Waals surface area contributed by atoms with Crippen LogP contribution in [0, 0.1) is 0 Å². The number of nitrogens with zero attached hydrogens (tertiary/aromatic N) is 1. The van der Waals surface area contributed by atoms with E-state index in [9.17, 15) is 4.79 Å². The van der Waals surface area contributed by atoms with Gasteiger partial charge in [0.2, 0.25) is 5.91 Å². The summed E-state index contributed by atoms with van der Waals surface area (Å²) in [7, 11) is 0. The van der Waals surface area contributed by atoms with Crippen molar-refractivity contribution in [3.63, 3.8) is 0 Å². The second-order valence-electron chi connectivity index (χ2n) is 5.04. The van der Waals surface area contributed by atoms with Gasteiger partial charge in [0, 0.05) is 21.7 Å². The number of hydrogen-bond acceptors (Lipinski definition) is 4. The summed E-state index contributed by atoms with van der Waals surface area (Å²) in [4.78, 5) is 16.5. The fraction of sp³-hybridized carbons (Fsp3) is 0.111. The van der Waals surface area contributed by atoms with Gasteiger partial charge in [-0.15, -0.1) is 0 Å². The van der Waals surface area contributed by atoms with Gasteiger partial charge in [-0.1, -0.05) is 40.6 Å². The van der Waals surface area contributed by atoms with E-state index in [1.54, 1.807) is 24.3 Å². The molecule has 0 aliphatic rings. The van der Waals surface area contributed by atoms with Gasteiger partial charge in [-0.2, -0.15) is 0 Å². The summed E-state index contributed by atoms with van der Waals surface area (Å²) in [5, 5.41) is 4.24. The van der Waals surface area contributed by atoms with Gasteiger partial charge in [-0.3, -0.25) is 10.1 Å². The Hall–Kier alpha value is -2.08. The molecular formula is C18H14Cl2N2O2S. The van der Waals surface area contributed by atoms with E-state index in [0.29, 0.717) is 27.3 Å². The molecule has 0 spiro atoms. The Morgan fingerprint density at radius 1 is 1.28 bits per heavy atom. The molecule has 0 saturated carbocycles. The van der Waals surface area contributed by atoms with Crippen molar-refractivity contribution < 1.29 is 9.53 Å². The van der Waals surface area contributed by atoms with Crippen molar-refractivity contribution in [1.29, 1.82) is 0 Å². The van der Waals surface area contributed by atoms with Gasteiger partial charge in [0.15, 0.2) is 5.13 Å². The van der Waals surface area contributed by atoms with Crippen LogP contribution in [0.25, 0.3) is 16.3 Å². The fourth-order valence-electron chi connectivity index (χ4n) is 2.19. The van der Waals surface area contributed by atoms with Crippen LogP contribution in [-0.2, 0) is 4.79 Å². The topological polar surface area (TPSA) is 51.2 Å². The third-order valence-electron chi connectivity index (χ3n) is 3.30. The number of thiazole rings is 1. The molecule has 25 heavy (non-hydrogen) atoms. The zero-order chi connectivity index (χ0) is 17.8. The molecule has 0 fully saturated rings. The first-order chi connectivity index (χ1) is 12.1. The van der Waals surface area contributed by atoms with Gasteiger partial charge < -0.3 is 4.74 Å². The third-order valence-corrected chi connectivity index (χ3v) is 4.89. The highest BCUT2D eigenvalue weighted by Crippen LogP contribution is 2.29.